The Bertz CT molecular complexity index is 387. The molecule has 0 heterocycles. The Morgan fingerprint density at radius 3 is 2.42 bits per heavy atom. The van der Waals surface area contributed by atoms with E-state index in [1.165, 1.54) is 0 Å². The minimum atomic E-state index is -0.00675. The highest BCUT2D eigenvalue weighted by Crippen LogP contribution is 2.13. The van der Waals surface area contributed by atoms with Gasteiger partial charge in [0.2, 0.25) is 5.91 Å². The molecule has 0 atom stereocenters. The molecule has 0 aliphatic carbocycles. The molecule has 1 amide bonds. The summed E-state index contributed by atoms with van der Waals surface area (Å²) in [5.74, 6) is 0.850. The highest BCUT2D eigenvalue weighted by atomic mass is 16.5. The fourth-order valence-electron chi connectivity index (χ4n) is 1.92. The van der Waals surface area contributed by atoms with Gasteiger partial charge in [0.1, 0.15) is 5.75 Å². The molecule has 106 valence electrons. The first-order chi connectivity index (χ1) is 9.08. The van der Waals surface area contributed by atoms with E-state index >= 15 is 0 Å². The van der Waals surface area contributed by atoms with Crippen molar-refractivity contribution in [3.8, 4) is 5.75 Å². The van der Waals surface area contributed by atoms with Crippen LogP contribution in [0.15, 0.2) is 24.3 Å². The predicted molar refractivity (Wildman–Crippen MR) is 75.2 cm³/mol. The summed E-state index contributed by atoms with van der Waals surface area (Å²) in [6, 6.07) is 7.65. The molecule has 0 aliphatic rings. The fraction of sp³-hybridized carbons (Fsp3) is 0.533. The van der Waals surface area contributed by atoms with Crippen molar-refractivity contribution in [2.75, 3.05) is 19.8 Å². The molecule has 0 aliphatic heterocycles. The number of hydrogen-bond donors (Lipinski definition) is 1. The summed E-state index contributed by atoms with van der Waals surface area (Å²) < 4.78 is 5.36. The van der Waals surface area contributed by atoms with Gasteiger partial charge in [-0.3, -0.25) is 4.79 Å². The van der Waals surface area contributed by atoms with Crippen LogP contribution in [0, 0.1) is 0 Å². The minimum absolute atomic E-state index is 0.00675. The Hall–Kier alpha value is -1.55. The molecule has 1 aromatic carbocycles. The number of aliphatic hydroxyl groups excluding tert-OH is 1. The van der Waals surface area contributed by atoms with Gasteiger partial charge in [0.05, 0.1) is 19.6 Å². The molecule has 0 fully saturated rings. The molecule has 0 spiro atoms. The average Bonchev–Trinajstić information content (AvgIpc) is 2.38. The van der Waals surface area contributed by atoms with Gasteiger partial charge in [-0.1, -0.05) is 12.1 Å². The molecule has 0 saturated carbocycles. The van der Waals surface area contributed by atoms with E-state index in [0.29, 0.717) is 19.6 Å². The van der Waals surface area contributed by atoms with E-state index in [1.54, 1.807) is 4.90 Å². The second-order valence-corrected chi connectivity index (χ2v) is 4.66. The lowest BCUT2D eigenvalue weighted by atomic mass is 10.1. The van der Waals surface area contributed by atoms with E-state index in [0.717, 1.165) is 11.3 Å². The molecule has 1 N–H and O–H groups in total. The molecule has 4 heteroatoms. The summed E-state index contributed by atoms with van der Waals surface area (Å²) in [5, 5.41) is 8.99. The number of benzene rings is 1. The molecule has 1 rings (SSSR count). The van der Waals surface area contributed by atoms with Crippen molar-refractivity contribution in [1.29, 1.82) is 0 Å². The van der Waals surface area contributed by atoms with E-state index < -0.39 is 0 Å². The fourth-order valence-corrected chi connectivity index (χ4v) is 1.92. The van der Waals surface area contributed by atoms with Crippen LogP contribution in [0.3, 0.4) is 0 Å². The summed E-state index contributed by atoms with van der Waals surface area (Å²) in [4.78, 5) is 13.8. The van der Waals surface area contributed by atoms with Crippen LogP contribution in [0.4, 0.5) is 0 Å². The number of rotatable bonds is 7. The molecule has 19 heavy (non-hydrogen) atoms. The number of carbonyl (C=O) groups is 1. The van der Waals surface area contributed by atoms with Crippen molar-refractivity contribution in [3.05, 3.63) is 29.8 Å². The number of nitrogens with zero attached hydrogens (tertiary/aromatic N) is 1. The van der Waals surface area contributed by atoms with Crippen molar-refractivity contribution in [3.63, 3.8) is 0 Å². The van der Waals surface area contributed by atoms with Crippen LogP contribution in [0.25, 0.3) is 0 Å². The van der Waals surface area contributed by atoms with Gasteiger partial charge in [-0.2, -0.15) is 0 Å². The second-order valence-electron chi connectivity index (χ2n) is 4.66. The maximum absolute atomic E-state index is 12.1. The first kappa shape index (κ1) is 15.5. The molecule has 0 unspecified atom stereocenters. The normalized spacial score (nSPS) is 10.6. The van der Waals surface area contributed by atoms with E-state index in [9.17, 15) is 4.79 Å². The minimum Gasteiger partial charge on any atom is -0.494 e. The van der Waals surface area contributed by atoms with E-state index in [2.05, 4.69) is 0 Å². The summed E-state index contributed by atoms with van der Waals surface area (Å²) in [7, 11) is 0. The van der Waals surface area contributed by atoms with Crippen molar-refractivity contribution in [2.24, 2.45) is 0 Å². The van der Waals surface area contributed by atoms with Crippen molar-refractivity contribution in [2.45, 2.75) is 33.2 Å². The standard InChI is InChI=1S/C15H23NO3/c1-4-19-14-7-5-13(6-8-14)11-15(18)16(9-10-17)12(2)3/h5-8,12,17H,4,9-11H2,1-3H3. The van der Waals surface area contributed by atoms with Gasteiger partial charge in [-0.15, -0.1) is 0 Å². The van der Waals surface area contributed by atoms with Gasteiger partial charge < -0.3 is 14.7 Å². The Morgan fingerprint density at radius 2 is 1.95 bits per heavy atom. The van der Waals surface area contributed by atoms with Crippen molar-refractivity contribution in [1.82, 2.24) is 4.90 Å². The molecule has 0 aromatic heterocycles. The molecular formula is C15H23NO3. The van der Waals surface area contributed by atoms with Gasteiger partial charge in [-0.25, -0.2) is 0 Å². The van der Waals surface area contributed by atoms with Crippen LogP contribution in [0.5, 0.6) is 5.75 Å². The number of aliphatic hydroxyl groups is 1. The summed E-state index contributed by atoms with van der Waals surface area (Å²) in [6.45, 7) is 6.85. The molecule has 0 radical (unpaired) electrons. The molecule has 0 bridgehead atoms. The first-order valence-electron chi connectivity index (χ1n) is 6.70. The van der Waals surface area contributed by atoms with Crippen molar-refractivity contribution < 1.29 is 14.6 Å². The number of carbonyl (C=O) groups excluding carboxylic acids is 1. The van der Waals surface area contributed by atoms with Gasteiger partial charge >= 0.3 is 0 Å². The summed E-state index contributed by atoms with van der Waals surface area (Å²) >= 11 is 0. The monoisotopic (exact) mass is 265 g/mol. The van der Waals surface area contributed by atoms with E-state index in [1.807, 2.05) is 45.0 Å². The lowest BCUT2D eigenvalue weighted by Gasteiger charge is -2.26. The topological polar surface area (TPSA) is 49.8 Å². The zero-order valence-electron chi connectivity index (χ0n) is 11.9. The Kier molecular flexibility index (Phi) is 6.36. The SMILES string of the molecule is CCOc1ccc(CC(=O)N(CCO)C(C)C)cc1. The zero-order chi connectivity index (χ0) is 14.3. The first-order valence-corrected chi connectivity index (χ1v) is 6.70. The smallest absolute Gasteiger partial charge is 0.227 e. The maximum atomic E-state index is 12.1. The lowest BCUT2D eigenvalue weighted by Crippen LogP contribution is -2.39. The number of amides is 1. The van der Waals surface area contributed by atoms with Crippen LogP contribution >= 0.6 is 0 Å². The highest BCUT2D eigenvalue weighted by Gasteiger charge is 2.16. The summed E-state index contributed by atoms with van der Waals surface area (Å²) in [6.07, 6.45) is 0.352. The van der Waals surface area contributed by atoms with Crippen LogP contribution in [-0.2, 0) is 11.2 Å². The highest BCUT2D eigenvalue weighted by molar-refractivity contribution is 5.79. The third kappa shape index (κ3) is 4.91. The molecule has 4 nitrogen and oxygen atoms in total. The predicted octanol–water partition coefficient (Wildman–Crippen LogP) is 1.86. The van der Waals surface area contributed by atoms with Gasteiger partial charge in [0.15, 0.2) is 0 Å². The average molecular weight is 265 g/mol. The Morgan fingerprint density at radius 1 is 1.32 bits per heavy atom. The molecular weight excluding hydrogens is 242 g/mol. The lowest BCUT2D eigenvalue weighted by molar-refractivity contribution is -0.132. The van der Waals surface area contributed by atoms with E-state index in [4.69, 9.17) is 9.84 Å². The molecule has 0 saturated heterocycles. The zero-order valence-corrected chi connectivity index (χ0v) is 11.9. The summed E-state index contributed by atoms with van der Waals surface area (Å²) in [5.41, 5.74) is 0.956. The maximum Gasteiger partial charge on any atom is 0.227 e. The van der Waals surface area contributed by atoms with Gasteiger partial charge in [0, 0.05) is 12.6 Å². The van der Waals surface area contributed by atoms with Crippen LogP contribution in [-0.4, -0.2) is 41.7 Å². The quantitative estimate of drug-likeness (QED) is 0.818. The third-order valence-electron chi connectivity index (χ3n) is 2.87. The molecule has 1 aromatic rings. The number of hydrogen-bond acceptors (Lipinski definition) is 3. The van der Waals surface area contributed by atoms with Crippen molar-refractivity contribution >= 4 is 5.91 Å². The van der Waals surface area contributed by atoms with Gasteiger partial charge in [-0.05, 0) is 38.5 Å². The van der Waals surface area contributed by atoms with E-state index in [-0.39, 0.29) is 18.6 Å². The number of ether oxygens (including phenoxy) is 1. The third-order valence-corrected chi connectivity index (χ3v) is 2.87. The largest absolute Gasteiger partial charge is 0.494 e. The van der Waals surface area contributed by atoms with Crippen LogP contribution in [0.2, 0.25) is 0 Å². The van der Waals surface area contributed by atoms with Crippen LogP contribution in [0.1, 0.15) is 26.3 Å². The second kappa shape index (κ2) is 7.79. The Labute approximate surface area is 115 Å². The van der Waals surface area contributed by atoms with Crippen LogP contribution < -0.4 is 4.74 Å². The van der Waals surface area contributed by atoms with Gasteiger partial charge in [0.25, 0.3) is 0 Å². The Balaban J connectivity index is 2.64.